The molecule has 0 heterocycles. The first-order valence-corrected chi connectivity index (χ1v) is 6.55. The molecule has 0 aliphatic rings. The van der Waals surface area contributed by atoms with E-state index < -0.39 is 62.2 Å². The smallest absolute Gasteiger partial charge is 0.189 e. The minimum absolute atomic E-state index is 0.257. The van der Waals surface area contributed by atoms with Gasteiger partial charge in [-0.2, -0.15) is 0 Å². The summed E-state index contributed by atoms with van der Waals surface area (Å²) in [6.07, 6.45) is -9.07. The van der Waals surface area contributed by atoms with E-state index in [4.69, 9.17) is 46.0 Å². The summed E-state index contributed by atoms with van der Waals surface area (Å²) in [4.78, 5) is 20.4. The van der Waals surface area contributed by atoms with Gasteiger partial charge < -0.3 is 50.8 Å². The lowest BCUT2D eigenvalue weighted by molar-refractivity contribution is -0.142. The van der Waals surface area contributed by atoms with Crippen LogP contribution in [0.1, 0.15) is 6.42 Å². The molecule has 6 atom stereocenters. The Morgan fingerprint density at radius 2 is 1.30 bits per heavy atom. The van der Waals surface area contributed by atoms with Gasteiger partial charge in [-0.3, -0.25) is 4.79 Å². The molecule has 9 N–H and O–H groups in total. The van der Waals surface area contributed by atoms with Gasteiger partial charge in [0.2, 0.25) is 0 Å². The van der Waals surface area contributed by atoms with E-state index in [0.29, 0.717) is 0 Å². The monoisotopic (exact) mass is 344 g/mol. The molecular weight excluding hydrogens is 320 g/mol. The summed E-state index contributed by atoms with van der Waals surface area (Å²) < 4.78 is 0. The van der Waals surface area contributed by atoms with Crippen molar-refractivity contribution in [2.24, 2.45) is 0 Å². The number of hydrogen-bond donors (Lipinski definition) is 9. The molecule has 0 aromatic heterocycles. The van der Waals surface area contributed by atoms with Crippen molar-refractivity contribution >= 4 is 12.1 Å². The van der Waals surface area contributed by atoms with E-state index in [2.05, 4.69) is 0 Å². The molecular formula is C12H24O11. The molecule has 0 saturated heterocycles. The zero-order chi connectivity index (χ0) is 18.6. The van der Waals surface area contributed by atoms with Gasteiger partial charge in [-0.05, 0) is 0 Å². The molecule has 0 amide bonds. The molecule has 0 unspecified atom stereocenters. The molecule has 0 radical (unpaired) electrons. The highest BCUT2D eigenvalue weighted by atomic mass is 16.4. The normalized spacial score (nSPS) is 18.7. The van der Waals surface area contributed by atoms with E-state index in [1.54, 1.807) is 0 Å². The fraction of sp³-hybridized carbons (Fsp3) is 0.833. The van der Waals surface area contributed by atoms with Crippen LogP contribution in [0.3, 0.4) is 0 Å². The topological polar surface area (TPSA) is 216 Å². The molecule has 0 rings (SSSR count). The van der Waals surface area contributed by atoms with Crippen LogP contribution in [0.5, 0.6) is 0 Å². The van der Waals surface area contributed by atoms with Crippen molar-refractivity contribution in [1.82, 2.24) is 0 Å². The van der Waals surface area contributed by atoms with Gasteiger partial charge in [0.05, 0.1) is 19.3 Å². The predicted molar refractivity (Wildman–Crippen MR) is 73.0 cm³/mol. The van der Waals surface area contributed by atoms with Crippen LogP contribution in [0.25, 0.3) is 0 Å². The number of rotatable bonds is 10. The number of carbonyl (C=O) groups excluding carboxylic acids is 2. The summed E-state index contributed by atoms with van der Waals surface area (Å²) in [7, 11) is 0. The standard InChI is InChI=1S/C6H12O6.C6H12O5/c7-1-3(9)5(11)6(12)4(10)2-8;7-2-4(9)1-5(10)6(11)3-8/h3,5-9,11-12H,1-2H2;2,4-6,8-11H,1,3H2/t3-,5+,6+;4-,5+,6-/m01/s1. The summed E-state index contributed by atoms with van der Waals surface area (Å²) in [5.41, 5.74) is 0. The molecule has 0 aromatic rings. The summed E-state index contributed by atoms with van der Waals surface area (Å²) in [6, 6.07) is 0. The van der Waals surface area contributed by atoms with Crippen molar-refractivity contribution in [3.8, 4) is 0 Å². The summed E-state index contributed by atoms with van der Waals surface area (Å²) in [5, 5.41) is 77.7. The Balaban J connectivity index is 0. The quantitative estimate of drug-likeness (QED) is 0.170. The molecule has 0 bridgehead atoms. The van der Waals surface area contributed by atoms with Crippen molar-refractivity contribution in [3.63, 3.8) is 0 Å². The summed E-state index contributed by atoms with van der Waals surface area (Å²) in [5.74, 6) is -1.00. The second kappa shape index (κ2) is 13.4. The number of aliphatic hydroxyl groups is 9. The minimum atomic E-state index is -1.86. The largest absolute Gasteiger partial charge is 0.394 e. The first-order valence-electron chi connectivity index (χ1n) is 6.55. The minimum Gasteiger partial charge on any atom is -0.394 e. The average molecular weight is 344 g/mol. The lowest BCUT2D eigenvalue weighted by Crippen LogP contribution is -2.44. The van der Waals surface area contributed by atoms with Crippen LogP contribution in [0.15, 0.2) is 0 Å². The predicted octanol–water partition coefficient (Wildman–Crippen LogP) is -5.73. The number of carbonyl (C=O) groups is 2. The Morgan fingerprint density at radius 3 is 1.65 bits per heavy atom. The number of Topliss-reactive ketones (excluding diaryl/α,β-unsaturated/α-hetero) is 1. The van der Waals surface area contributed by atoms with E-state index in [9.17, 15) is 9.59 Å². The first kappa shape index (κ1) is 24.2. The number of aliphatic hydroxyl groups excluding tert-OH is 9. The lowest BCUT2D eigenvalue weighted by atomic mass is 10.1. The van der Waals surface area contributed by atoms with Crippen LogP contribution in [-0.2, 0) is 9.59 Å². The molecule has 0 aliphatic carbocycles. The maximum atomic E-state index is 10.5. The highest BCUT2D eigenvalue weighted by Gasteiger charge is 2.28. The maximum Gasteiger partial charge on any atom is 0.189 e. The Morgan fingerprint density at radius 1 is 0.826 bits per heavy atom. The number of aldehydes is 1. The Bertz CT molecular complexity index is 324. The highest BCUT2D eigenvalue weighted by molar-refractivity contribution is 5.84. The van der Waals surface area contributed by atoms with E-state index in [1.165, 1.54) is 0 Å². The molecule has 0 spiro atoms. The number of hydrogen-bond acceptors (Lipinski definition) is 11. The van der Waals surface area contributed by atoms with Crippen molar-refractivity contribution < 1.29 is 55.5 Å². The van der Waals surface area contributed by atoms with Gasteiger partial charge in [-0.15, -0.1) is 0 Å². The molecule has 0 fully saturated rings. The Kier molecular flexibility index (Phi) is 14.1. The Hall–Kier alpha value is -1.02. The van der Waals surface area contributed by atoms with E-state index in [0.717, 1.165) is 0 Å². The van der Waals surface area contributed by atoms with Crippen molar-refractivity contribution in [1.29, 1.82) is 0 Å². The molecule has 11 heteroatoms. The van der Waals surface area contributed by atoms with Gasteiger partial charge in [0, 0.05) is 6.42 Å². The van der Waals surface area contributed by atoms with Crippen LogP contribution in [0.4, 0.5) is 0 Å². The summed E-state index contributed by atoms with van der Waals surface area (Å²) in [6.45, 7) is -2.28. The Labute approximate surface area is 131 Å². The van der Waals surface area contributed by atoms with Gasteiger partial charge in [0.15, 0.2) is 5.78 Å². The third kappa shape index (κ3) is 10.4. The van der Waals surface area contributed by atoms with Crippen molar-refractivity contribution in [2.75, 3.05) is 19.8 Å². The van der Waals surface area contributed by atoms with E-state index in [-0.39, 0.29) is 12.7 Å². The zero-order valence-electron chi connectivity index (χ0n) is 12.2. The first-order chi connectivity index (χ1) is 10.7. The zero-order valence-corrected chi connectivity index (χ0v) is 12.2. The van der Waals surface area contributed by atoms with Crippen LogP contribution in [0.2, 0.25) is 0 Å². The lowest BCUT2D eigenvalue weighted by Gasteiger charge is -2.19. The average Bonchev–Trinajstić information content (AvgIpc) is 2.58. The fourth-order valence-corrected chi connectivity index (χ4v) is 1.18. The van der Waals surface area contributed by atoms with Crippen molar-refractivity contribution in [3.05, 3.63) is 0 Å². The van der Waals surface area contributed by atoms with Gasteiger partial charge in [0.25, 0.3) is 0 Å². The molecule has 0 aromatic carbocycles. The second-order valence-electron chi connectivity index (χ2n) is 4.57. The van der Waals surface area contributed by atoms with Crippen LogP contribution in [0, 0.1) is 0 Å². The van der Waals surface area contributed by atoms with E-state index >= 15 is 0 Å². The van der Waals surface area contributed by atoms with Crippen LogP contribution >= 0.6 is 0 Å². The third-order valence-electron chi connectivity index (χ3n) is 2.66. The van der Waals surface area contributed by atoms with Gasteiger partial charge in [-0.25, -0.2) is 0 Å². The highest BCUT2D eigenvalue weighted by Crippen LogP contribution is 2.01. The van der Waals surface area contributed by atoms with Gasteiger partial charge >= 0.3 is 0 Å². The molecule has 0 aliphatic heterocycles. The molecule has 138 valence electrons. The van der Waals surface area contributed by atoms with Gasteiger partial charge in [-0.1, -0.05) is 0 Å². The number of ketones is 1. The SMILES string of the molecule is O=C(CO)[C@@H](O)[C@H](O)[C@@H](O)CO.O=C[C@H](O)C[C@H](O)[C@H](O)CO. The fourth-order valence-electron chi connectivity index (χ4n) is 1.18. The van der Waals surface area contributed by atoms with Crippen molar-refractivity contribution in [2.45, 2.75) is 43.0 Å². The third-order valence-corrected chi connectivity index (χ3v) is 2.66. The molecule has 11 nitrogen and oxygen atoms in total. The molecule has 0 saturated carbocycles. The van der Waals surface area contributed by atoms with Gasteiger partial charge in [0.1, 0.15) is 43.4 Å². The van der Waals surface area contributed by atoms with Crippen LogP contribution < -0.4 is 0 Å². The molecule has 23 heavy (non-hydrogen) atoms. The second-order valence-corrected chi connectivity index (χ2v) is 4.57. The van der Waals surface area contributed by atoms with E-state index in [1.807, 2.05) is 0 Å². The maximum absolute atomic E-state index is 10.5. The summed E-state index contributed by atoms with van der Waals surface area (Å²) >= 11 is 0. The van der Waals surface area contributed by atoms with Crippen LogP contribution in [-0.4, -0.2) is 114 Å².